The van der Waals surface area contributed by atoms with Gasteiger partial charge in [-0.25, -0.2) is 9.59 Å². The van der Waals surface area contributed by atoms with Crippen molar-refractivity contribution in [2.45, 2.75) is 20.0 Å². The lowest BCUT2D eigenvalue weighted by molar-refractivity contribution is 0.0439. The number of hydrogen-bond acceptors (Lipinski definition) is 4. The lowest BCUT2D eigenvalue weighted by Crippen LogP contribution is -2.14. The molecule has 0 N–H and O–H groups in total. The Morgan fingerprint density at radius 1 is 0.818 bits per heavy atom. The second-order valence-electron chi connectivity index (χ2n) is 4.74. The molecule has 0 aliphatic heterocycles. The normalized spacial score (nSPS) is 10.0. The Morgan fingerprint density at radius 3 is 1.95 bits per heavy atom. The predicted octanol–water partition coefficient (Wildman–Crippen LogP) is 3.61. The number of ether oxygens (including phenoxy) is 2. The van der Waals surface area contributed by atoms with E-state index in [1.165, 1.54) is 0 Å². The maximum atomic E-state index is 12.2. The molecule has 4 heteroatoms. The van der Waals surface area contributed by atoms with Gasteiger partial charge in [0.15, 0.2) is 0 Å². The van der Waals surface area contributed by atoms with Gasteiger partial charge in [-0.1, -0.05) is 49.4 Å². The summed E-state index contributed by atoms with van der Waals surface area (Å²) >= 11 is 0. The first-order valence-electron chi connectivity index (χ1n) is 7.19. The van der Waals surface area contributed by atoms with Crippen molar-refractivity contribution in [2.75, 3.05) is 6.61 Å². The van der Waals surface area contributed by atoms with Gasteiger partial charge in [-0.2, -0.15) is 0 Å². The summed E-state index contributed by atoms with van der Waals surface area (Å²) < 4.78 is 10.3. The summed E-state index contributed by atoms with van der Waals surface area (Å²) in [7, 11) is 0. The fourth-order valence-electron chi connectivity index (χ4n) is 1.91. The van der Waals surface area contributed by atoms with Crippen LogP contribution in [0.3, 0.4) is 0 Å². The smallest absolute Gasteiger partial charge is 0.339 e. The summed E-state index contributed by atoms with van der Waals surface area (Å²) in [6.45, 7) is 2.40. The summed E-state index contributed by atoms with van der Waals surface area (Å²) in [6, 6.07) is 15.9. The highest BCUT2D eigenvalue weighted by molar-refractivity contribution is 6.03. The first-order valence-corrected chi connectivity index (χ1v) is 7.19. The van der Waals surface area contributed by atoms with E-state index in [4.69, 9.17) is 9.47 Å². The minimum Gasteiger partial charge on any atom is -0.462 e. The zero-order chi connectivity index (χ0) is 15.8. The molecule has 0 amide bonds. The van der Waals surface area contributed by atoms with Gasteiger partial charge in [0.1, 0.15) is 6.61 Å². The fraction of sp³-hybridized carbons (Fsp3) is 0.222. The number of carbonyl (C=O) groups excluding carboxylic acids is 2. The molecule has 0 unspecified atom stereocenters. The van der Waals surface area contributed by atoms with Crippen molar-refractivity contribution in [1.82, 2.24) is 0 Å². The second kappa shape index (κ2) is 7.98. The van der Waals surface area contributed by atoms with Crippen molar-refractivity contribution in [2.24, 2.45) is 0 Å². The molecule has 0 spiro atoms. The maximum Gasteiger partial charge on any atom is 0.339 e. The van der Waals surface area contributed by atoms with Crippen molar-refractivity contribution in [1.29, 1.82) is 0 Å². The topological polar surface area (TPSA) is 52.6 Å². The molecule has 114 valence electrons. The van der Waals surface area contributed by atoms with Crippen LogP contribution < -0.4 is 0 Å². The van der Waals surface area contributed by atoms with Crippen LogP contribution >= 0.6 is 0 Å². The molecule has 0 saturated carbocycles. The van der Waals surface area contributed by atoms with E-state index in [9.17, 15) is 9.59 Å². The van der Waals surface area contributed by atoms with Crippen molar-refractivity contribution in [3.05, 3.63) is 71.3 Å². The molecule has 2 aromatic carbocycles. The molecule has 0 heterocycles. The Hall–Kier alpha value is -2.62. The van der Waals surface area contributed by atoms with Gasteiger partial charge < -0.3 is 9.47 Å². The molecule has 0 aliphatic carbocycles. The molecule has 4 nitrogen and oxygen atoms in total. The van der Waals surface area contributed by atoms with E-state index in [1.807, 2.05) is 37.3 Å². The van der Waals surface area contributed by atoms with Crippen LogP contribution in [0.5, 0.6) is 0 Å². The van der Waals surface area contributed by atoms with Crippen LogP contribution in [0.25, 0.3) is 0 Å². The fourth-order valence-corrected chi connectivity index (χ4v) is 1.91. The quantitative estimate of drug-likeness (QED) is 0.764. The van der Waals surface area contributed by atoms with Gasteiger partial charge >= 0.3 is 11.9 Å². The molecule has 0 aromatic heterocycles. The van der Waals surface area contributed by atoms with Crippen LogP contribution in [0.1, 0.15) is 39.6 Å². The number of benzene rings is 2. The number of esters is 2. The van der Waals surface area contributed by atoms with Crippen molar-refractivity contribution in [3.63, 3.8) is 0 Å². The zero-order valence-electron chi connectivity index (χ0n) is 12.5. The molecular weight excluding hydrogens is 280 g/mol. The van der Waals surface area contributed by atoms with Crippen LogP contribution in [0.15, 0.2) is 54.6 Å². The maximum absolute atomic E-state index is 12.2. The first-order chi connectivity index (χ1) is 10.7. The second-order valence-corrected chi connectivity index (χ2v) is 4.74. The van der Waals surface area contributed by atoms with Gasteiger partial charge in [-0.05, 0) is 24.1 Å². The van der Waals surface area contributed by atoms with E-state index >= 15 is 0 Å². The molecule has 22 heavy (non-hydrogen) atoms. The highest BCUT2D eigenvalue weighted by atomic mass is 16.5. The first kappa shape index (κ1) is 15.8. The summed E-state index contributed by atoms with van der Waals surface area (Å²) in [5, 5.41) is 0. The number of rotatable bonds is 6. The van der Waals surface area contributed by atoms with E-state index in [-0.39, 0.29) is 17.7 Å². The van der Waals surface area contributed by atoms with Crippen molar-refractivity contribution in [3.8, 4) is 0 Å². The van der Waals surface area contributed by atoms with Gasteiger partial charge in [0, 0.05) is 0 Å². The van der Waals surface area contributed by atoms with Crippen LogP contribution in [0.4, 0.5) is 0 Å². The van der Waals surface area contributed by atoms with Gasteiger partial charge in [-0.15, -0.1) is 0 Å². The molecule has 0 bridgehead atoms. The van der Waals surface area contributed by atoms with Gasteiger partial charge in [-0.3, -0.25) is 0 Å². The van der Waals surface area contributed by atoms with Crippen molar-refractivity contribution >= 4 is 11.9 Å². The Kier molecular flexibility index (Phi) is 5.72. The summed E-state index contributed by atoms with van der Waals surface area (Å²) in [5.41, 5.74) is 1.34. The zero-order valence-corrected chi connectivity index (χ0v) is 12.5. The van der Waals surface area contributed by atoms with Crippen LogP contribution in [-0.4, -0.2) is 18.5 Å². The molecule has 0 aliphatic rings. The lowest BCUT2D eigenvalue weighted by Gasteiger charge is -2.09. The molecule has 0 radical (unpaired) electrons. The predicted molar refractivity (Wildman–Crippen MR) is 82.6 cm³/mol. The van der Waals surface area contributed by atoms with Gasteiger partial charge in [0.2, 0.25) is 0 Å². The standard InChI is InChI=1S/C18H18O4/c1-2-12-21-17(19)15-10-6-7-11-16(15)18(20)22-13-14-8-4-3-5-9-14/h3-11H,2,12-13H2,1H3. The average Bonchev–Trinajstić information content (AvgIpc) is 2.58. The van der Waals surface area contributed by atoms with Crippen LogP contribution in [-0.2, 0) is 16.1 Å². The molecule has 2 rings (SSSR count). The monoisotopic (exact) mass is 298 g/mol. The Labute approximate surface area is 129 Å². The summed E-state index contributed by atoms with van der Waals surface area (Å²) in [6.07, 6.45) is 0.729. The Morgan fingerprint density at radius 2 is 1.36 bits per heavy atom. The molecule has 0 saturated heterocycles. The highest BCUT2D eigenvalue weighted by Gasteiger charge is 2.18. The minimum atomic E-state index is -0.534. The number of carbonyl (C=O) groups is 2. The molecular formula is C18H18O4. The van der Waals surface area contributed by atoms with Crippen LogP contribution in [0.2, 0.25) is 0 Å². The molecule has 0 atom stereocenters. The SMILES string of the molecule is CCCOC(=O)c1ccccc1C(=O)OCc1ccccc1. The number of hydrogen-bond donors (Lipinski definition) is 0. The molecule has 2 aromatic rings. The Bertz CT molecular complexity index is 635. The third kappa shape index (κ3) is 4.19. The van der Waals surface area contributed by atoms with E-state index in [0.717, 1.165) is 12.0 Å². The third-order valence-electron chi connectivity index (χ3n) is 3.02. The summed E-state index contributed by atoms with van der Waals surface area (Å²) in [4.78, 5) is 24.2. The van der Waals surface area contributed by atoms with Crippen LogP contribution in [0, 0.1) is 0 Å². The minimum absolute atomic E-state index is 0.165. The molecule has 0 fully saturated rings. The van der Waals surface area contributed by atoms with E-state index < -0.39 is 11.9 Å². The van der Waals surface area contributed by atoms with Crippen molar-refractivity contribution < 1.29 is 19.1 Å². The van der Waals surface area contributed by atoms with E-state index in [0.29, 0.717) is 6.61 Å². The van der Waals surface area contributed by atoms with Gasteiger partial charge in [0.05, 0.1) is 17.7 Å². The largest absolute Gasteiger partial charge is 0.462 e. The van der Waals surface area contributed by atoms with E-state index in [2.05, 4.69) is 0 Å². The Balaban J connectivity index is 2.07. The van der Waals surface area contributed by atoms with Gasteiger partial charge in [0.25, 0.3) is 0 Å². The highest BCUT2D eigenvalue weighted by Crippen LogP contribution is 2.13. The van der Waals surface area contributed by atoms with E-state index in [1.54, 1.807) is 24.3 Å². The average molecular weight is 298 g/mol. The lowest BCUT2D eigenvalue weighted by atomic mass is 10.1. The third-order valence-corrected chi connectivity index (χ3v) is 3.02. The summed E-state index contributed by atoms with van der Waals surface area (Å²) in [5.74, 6) is -1.04.